The van der Waals surface area contributed by atoms with E-state index in [1.165, 1.54) is 24.1 Å². The molecule has 0 saturated carbocycles. The minimum absolute atomic E-state index is 0. The van der Waals surface area contributed by atoms with Crippen molar-refractivity contribution in [2.24, 2.45) is 5.14 Å². The van der Waals surface area contributed by atoms with Crippen molar-refractivity contribution < 1.29 is 52.3 Å². The van der Waals surface area contributed by atoms with Gasteiger partial charge in [-0.25, -0.2) is 13.6 Å². The SMILES string of the molecule is NS(=O)(=O)c1cc(C(=O)[O-])cc(SCc2ccco2)c1Cc1ccccc1.[Na+]. The van der Waals surface area contributed by atoms with E-state index in [4.69, 9.17) is 9.56 Å². The number of thioether (sulfide) groups is 1. The quantitative estimate of drug-likeness (QED) is 0.391. The van der Waals surface area contributed by atoms with Crippen LogP contribution in [0.25, 0.3) is 0 Å². The van der Waals surface area contributed by atoms with Crippen molar-refractivity contribution in [2.75, 3.05) is 0 Å². The summed E-state index contributed by atoms with van der Waals surface area (Å²) in [6.45, 7) is 0. The molecule has 6 nitrogen and oxygen atoms in total. The minimum atomic E-state index is -4.13. The molecule has 0 aliphatic carbocycles. The van der Waals surface area contributed by atoms with Crippen molar-refractivity contribution >= 4 is 27.8 Å². The molecule has 0 atom stereocenters. The third-order valence-electron chi connectivity index (χ3n) is 3.88. The molecule has 0 fully saturated rings. The van der Waals surface area contributed by atoms with Gasteiger partial charge in [0, 0.05) is 4.90 Å². The first-order valence-corrected chi connectivity index (χ1v) is 10.5. The number of carboxylic acid groups (broad SMARTS) is 1. The summed E-state index contributed by atoms with van der Waals surface area (Å²) in [5.74, 6) is -0.373. The number of aromatic carboxylic acids is 1. The van der Waals surface area contributed by atoms with E-state index in [1.807, 2.05) is 30.3 Å². The number of rotatable bonds is 7. The van der Waals surface area contributed by atoms with Gasteiger partial charge in [-0.3, -0.25) is 0 Å². The summed E-state index contributed by atoms with van der Waals surface area (Å²) >= 11 is 1.28. The van der Waals surface area contributed by atoms with E-state index >= 15 is 0 Å². The van der Waals surface area contributed by atoms with Crippen molar-refractivity contribution in [3.05, 3.63) is 83.3 Å². The third kappa shape index (κ3) is 5.73. The fraction of sp³-hybridized carbons (Fsp3) is 0.105. The molecule has 28 heavy (non-hydrogen) atoms. The first-order valence-electron chi connectivity index (χ1n) is 7.95. The van der Waals surface area contributed by atoms with Gasteiger partial charge in [0.25, 0.3) is 0 Å². The summed E-state index contributed by atoms with van der Waals surface area (Å²) in [5, 5.41) is 16.7. The van der Waals surface area contributed by atoms with Crippen molar-refractivity contribution in [1.29, 1.82) is 0 Å². The molecule has 0 bridgehead atoms. The number of carbonyl (C=O) groups excluding carboxylic acids is 1. The predicted molar refractivity (Wildman–Crippen MR) is 99.7 cm³/mol. The maximum atomic E-state index is 12.1. The van der Waals surface area contributed by atoms with Crippen molar-refractivity contribution in [1.82, 2.24) is 0 Å². The molecule has 0 saturated heterocycles. The van der Waals surface area contributed by atoms with E-state index in [0.717, 1.165) is 11.6 Å². The van der Waals surface area contributed by atoms with Gasteiger partial charge in [-0.05, 0) is 47.4 Å². The van der Waals surface area contributed by atoms with Gasteiger partial charge in [0.2, 0.25) is 10.0 Å². The number of furan rings is 1. The number of hydrogen-bond donors (Lipinski definition) is 1. The minimum Gasteiger partial charge on any atom is -0.545 e. The number of nitrogens with two attached hydrogens (primary N) is 1. The molecule has 3 rings (SSSR count). The Balaban J connectivity index is 0.00000280. The Morgan fingerprint density at radius 3 is 2.39 bits per heavy atom. The topological polar surface area (TPSA) is 113 Å². The molecular formula is C19H16NNaO5S2. The van der Waals surface area contributed by atoms with Crippen LogP contribution in [0.1, 0.15) is 27.2 Å². The van der Waals surface area contributed by atoms with Crippen LogP contribution in [0.4, 0.5) is 0 Å². The molecule has 140 valence electrons. The summed E-state index contributed by atoms with van der Waals surface area (Å²) < 4.78 is 29.6. The molecule has 0 spiro atoms. The van der Waals surface area contributed by atoms with Crippen molar-refractivity contribution in [3.8, 4) is 0 Å². The average Bonchev–Trinajstić information content (AvgIpc) is 3.14. The monoisotopic (exact) mass is 425 g/mol. The zero-order valence-corrected chi connectivity index (χ0v) is 18.8. The zero-order valence-electron chi connectivity index (χ0n) is 15.1. The van der Waals surface area contributed by atoms with Gasteiger partial charge >= 0.3 is 29.6 Å². The van der Waals surface area contributed by atoms with Gasteiger partial charge in [-0.2, -0.15) is 0 Å². The summed E-state index contributed by atoms with van der Waals surface area (Å²) in [5.41, 5.74) is 1.09. The number of carboxylic acids is 1. The Kier molecular flexibility index (Phi) is 7.94. The van der Waals surface area contributed by atoms with Gasteiger partial charge in [0.1, 0.15) is 5.76 Å². The van der Waals surface area contributed by atoms with Crippen LogP contribution in [-0.4, -0.2) is 14.4 Å². The van der Waals surface area contributed by atoms with E-state index < -0.39 is 16.0 Å². The van der Waals surface area contributed by atoms with Gasteiger partial charge in [0.15, 0.2) is 0 Å². The molecule has 0 aliphatic rings. The Hall–Kier alpha value is -1.55. The molecule has 3 aromatic rings. The molecule has 0 radical (unpaired) electrons. The molecular weight excluding hydrogens is 409 g/mol. The molecule has 1 heterocycles. The Labute approximate surface area is 189 Å². The van der Waals surface area contributed by atoms with Gasteiger partial charge in [0.05, 0.1) is 22.9 Å². The summed E-state index contributed by atoms with van der Waals surface area (Å²) in [7, 11) is -4.13. The van der Waals surface area contributed by atoms with Crippen LogP contribution < -0.4 is 39.8 Å². The predicted octanol–water partition coefficient (Wildman–Crippen LogP) is -0.822. The van der Waals surface area contributed by atoms with Crippen LogP contribution in [0.15, 0.2) is 75.1 Å². The molecule has 0 unspecified atom stereocenters. The maximum absolute atomic E-state index is 12.1. The van der Waals surface area contributed by atoms with Crippen LogP contribution in [0.5, 0.6) is 0 Å². The van der Waals surface area contributed by atoms with Crippen LogP contribution in [-0.2, 0) is 22.2 Å². The second-order valence-electron chi connectivity index (χ2n) is 5.81. The fourth-order valence-electron chi connectivity index (χ4n) is 2.64. The number of primary sulfonamides is 1. The normalized spacial score (nSPS) is 11.0. The van der Waals surface area contributed by atoms with Gasteiger partial charge < -0.3 is 14.3 Å². The molecule has 2 aromatic carbocycles. The standard InChI is InChI=1S/C19H17NO5S2.Na/c20-27(23,24)18-11-14(19(21)22)10-17(26-12-15-7-4-8-25-15)16(18)9-13-5-2-1-3-6-13;/h1-8,10-11H,9,12H2,(H,21,22)(H2,20,23,24);/q;+1/p-1. The largest absolute Gasteiger partial charge is 1.00 e. The Morgan fingerprint density at radius 1 is 1.11 bits per heavy atom. The van der Waals surface area contributed by atoms with E-state index in [9.17, 15) is 18.3 Å². The van der Waals surface area contributed by atoms with E-state index in [2.05, 4.69) is 0 Å². The number of hydrogen-bond acceptors (Lipinski definition) is 6. The zero-order chi connectivity index (χ0) is 19.4. The summed E-state index contributed by atoms with van der Waals surface area (Å²) in [6, 6.07) is 15.3. The van der Waals surface area contributed by atoms with Crippen molar-refractivity contribution in [2.45, 2.75) is 22.0 Å². The molecule has 0 amide bonds. The number of sulfonamides is 1. The molecule has 0 aliphatic heterocycles. The van der Waals surface area contributed by atoms with Gasteiger partial charge in [-0.15, -0.1) is 11.8 Å². The van der Waals surface area contributed by atoms with E-state index in [1.54, 1.807) is 12.1 Å². The fourth-order valence-corrected chi connectivity index (χ4v) is 4.55. The van der Waals surface area contributed by atoms with Crippen LogP contribution in [0.2, 0.25) is 0 Å². The molecule has 1 aromatic heterocycles. The Morgan fingerprint density at radius 2 is 1.82 bits per heavy atom. The molecule has 9 heteroatoms. The van der Waals surface area contributed by atoms with E-state index in [-0.39, 0.29) is 40.0 Å². The number of carbonyl (C=O) groups is 1. The van der Waals surface area contributed by atoms with Crippen LogP contribution in [0, 0.1) is 0 Å². The van der Waals surface area contributed by atoms with Crippen molar-refractivity contribution in [3.63, 3.8) is 0 Å². The average molecular weight is 425 g/mol. The first-order chi connectivity index (χ1) is 12.8. The summed E-state index contributed by atoms with van der Waals surface area (Å²) in [4.78, 5) is 11.6. The second-order valence-corrected chi connectivity index (χ2v) is 8.36. The van der Waals surface area contributed by atoms with Crippen LogP contribution >= 0.6 is 11.8 Å². The smallest absolute Gasteiger partial charge is 0.545 e. The number of benzene rings is 2. The summed E-state index contributed by atoms with van der Waals surface area (Å²) in [6.07, 6.45) is 1.83. The first kappa shape index (κ1) is 22.7. The molecule has 2 N–H and O–H groups in total. The van der Waals surface area contributed by atoms with Crippen LogP contribution in [0.3, 0.4) is 0 Å². The second kappa shape index (κ2) is 9.78. The van der Waals surface area contributed by atoms with Gasteiger partial charge in [-0.1, -0.05) is 30.3 Å². The Bertz CT molecular complexity index is 1050. The maximum Gasteiger partial charge on any atom is 1.00 e. The third-order valence-corrected chi connectivity index (χ3v) is 5.97. The van der Waals surface area contributed by atoms with E-state index in [0.29, 0.717) is 28.4 Å².